The number of carbonyl (C=O) groups is 1. The van der Waals surface area contributed by atoms with Crippen molar-refractivity contribution < 1.29 is 31.1 Å². The number of benzene rings is 1. The number of hydrogen-bond donors (Lipinski definition) is 0. The Kier molecular flexibility index (Phi) is 4.47. The molecule has 0 bridgehead atoms. The second kappa shape index (κ2) is 6.19. The molecule has 0 spiro atoms. The maximum Gasteiger partial charge on any atom is 0.416 e. The molecule has 138 valence electrons. The summed E-state index contributed by atoms with van der Waals surface area (Å²) >= 11 is 0. The second-order valence-electron chi connectivity index (χ2n) is 6.40. The van der Waals surface area contributed by atoms with Crippen LogP contribution in [0.2, 0.25) is 0 Å². The summed E-state index contributed by atoms with van der Waals surface area (Å²) in [7, 11) is -3.30. The molecule has 0 N–H and O–H groups in total. The maximum atomic E-state index is 13.1. The van der Waals surface area contributed by atoms with Gasteiger partial charge in [-0.1, -0.05) is 6.92 Å². The van der Waals surface area contributed by atoms with Gasteiger partial charge in [0.25, 0.3) is 0 Å². The minimum atomic E-state index is -4.57. The molecular formula is C16H18F3NO4S. The number of nitrogens with zero attached hydrogens (tertiary/aromatic N) is 1. The molecule has 9 heteroatoms. The lowest BCUT2D eigenvalue weighted by Gasteiger charge is -2.26. The summed E-state index contributed by atoms with van der Waals surface area (Å²) in [6.07, 6.45) is -3.90. The Morgan fingerprint density at radius 3 is 2.64 bits per heavy atom. The Morgan fingerprint density at radius 2 is 2.00 bits per heavy atom. The smallest absolute Gasteiger partial charge is 0.416 e. The third-order valence-electron chi connectivity index (χ3n) is 4.48. The zero-order valence-corrected chi connectivity index (χ0v) is 14.4. The van der Waals surface area contributed by atoms with Crippen molar-refractivity contribution in [2.75, 3.05) is 23.0 Å². The molecule has 2 aliphatic heterocycles. The molecule has 0 aromatic heterocycles. The molecule has 1 amide bonds. The monoisotopic (exact) mass is 377 g/mol. The van der Waals surface area contributed by atoms with Crippen LogP contribution in [0.4, 0.5) is 18.9 Å². The van der Waals surface area contributed by atoms with Crippen molar-refractivity contribution >= 4 is 21.4 Å². The fourth-order valence-corrected chi connectivity index (χ4v) is 5.49. The molecule has 1 aromatic rings. The van der Waals surface area contributed by atoms with E-state index in [1.165, 1.54) is 11.0 Å². The van der Waals surface area contributed by atoms with E-state index in [0.717, 1.165) is 12.1 Å². The fraction of sp³-hybridized carbons (Fsp3) is 0.562. The Morgan fingerprint density at radius 1 is 1.28 bits per heavy atom. The summed E-state index contributed by atoms with van der Waals surface area (Å²) < 4.78 is 68.5. The van der Waals surface area contributed by atoms with Crippen molar-refractivity contribution in [3.8, 4) is 5.75 Å². The van der Waals surface area contributed by atoms with Crippen molar-refractivity contribution in [1.29, 1.82) is 0 Å². The Labute approximate surface area is 143 Å². The highest BCUT2D eigenvalue weighted by Gasteiger charge is 2.50. The van der Waals surface area contributed by atoms with E-state index in [4.69, 9.17) is 4.74 Å². The largest absolute Gasteiger partial charge is 0.491 e. The van der Waals surface area contributed by atoms with Crippen LogP contribution in [0.1, 0.15) is 25.3 Å². The van der Waals surface area contributed by atoms with E-state index in [1.807, 2.05) is 6.92 Å². The molecule has 5 nitrogen and oxygen atoms in total. The average molecular weight is 377 g/mol. The lowest BCUT2D eigenvalue weighted by molar-refractivity contribution is -0.137. The van der Waals surface area contributed by atoms with Crippen LogP contribution in [0.25, 0.3) is 0 Å². The molecule has 2 heterocycles. The molecule has 0 unspecified atom stereocenters. The van der Waals surface area contributed by atoms with Crippen LogP contribution >= 0.6 is 0 Å². The Balaban J connectivity index is 2.05. The molecule has 3 rings (SSSR count). The van der Waals surface area contributed by atoms with E-state index < -0.39 is 27.6 Å². The molecule has 25 heavy (non-hydrogen) atoms. The molecular weight excluding hydrogens is 359 g/mol. The van der Waals surface area contributed by atoms with Crippen LogP contribution < -0.4 is 9.64 Å². The number of amides is 1. The highest BCUT2D eigenvalue weighted by Crippen LogP contribution is 2.43. The van der Waals surface area contributed by atoms with E-state index in [2.05, 4.69) is 0 Å². The lowest BCUT2D eigenvalue weighted by Crippen LogP contribution is -2.36. The minimum absolute atomic E-state index is 0.00197. The summed E-state index contributed by atoms with van der Waals surface area (Å²) in [4.78, 5) is 13.6. The Hall–Kier alpha value is -1.77. The Bertz CT molecular complexity index is 791. The van der Waals surface area contributed by atoms with E-state index in [-0.39, 0.29) is 47.8 Å². The number of ether oxygens (including phenoxy) is 1. The molecule has 2 aliphatic rings. The van der Waals surface area contributed by atoms with Crippen molar-refractivity contribution in [1.82, 2.24) is 0 Å². The van der Waals surface area contributed by atoms with Crippen LogP contribution in [-0.2, 0) is 20.8 Å². The first kappa shape index (κ1) is 18.0. The maximum absolute atomic E-state index is 13.1. The predicted molar refractivity (Wildman–Crippen MR) is 85.3 cm³/mol. The van der Waals surface area contributed by atoms with Crippen LogP contribution in [0.5, 0.6) is 5.75 Å². The number of carbonyl (C=O) groups excluding carboxylic acids is 1. The summed E-state index contributed by atoms with van der Waals surface area (Å²) in [5.74, 6) is -0.929. The fourth-order valence-electron chi connectivity index (χ4n) is 3.42. The van der Waals surface area contributed by atoms with Crippen molar-refractivity contribution in [3.63, 3.8) is 0 Å². The van der Waals surface area contributed by atoms with Gasteiger partial charge in [0, 0.05) is 12.3 Å². The third-order valence-corrected chi connectivity index (χ3v) is 6.27. The van der Waals surface area contributed by atoms with Gasteiger partial charge in [-0.3, -0.25) is 4.79 Å². The molecule has 0 radical (unpaired) electrons. The lowest BCUT2D eigenvalue weighted by atomic mass is 10.0. The van der Waals surface area contributed by atoms with Crippen LogP contribution in [0.15, 0.2) is 18.2 Å². The van der Waals surface area contributed by atoms with Gasteiger partial charge >= 0.3 is 6.18 Å². The number of alkyl halides is 3. The zero-order chi connectivity index (χ0) is 18.4. The van der Waals surface area contributed by atoms with Crippen molar-refractivity contribution in [2.24, 2.45) is 5.92 Å². The normalized spacial score (nSPS) is 25.3. The standard InChI is InChI=1S/C16H18F3NO4S/c1-2-5-24-14-4-3-11(16(17,18)19)7-12(14)20-13-9-25(22,23)8-10(13)6-15(20)21/h3-4,7,10,13H,2,5-6,8-9H2,1H3/t10-,13-/m1/s1. The SMILES string of the molecule is CCCOc1ccc(C(F)(F)F)cc1N1C(=O)C[C@@H]2CS(=O)(=O)C[C@H]21. The highest BCUT2D eigenvalue weighted by molar-refractivity contribution is 7.91. The molecule has 2 saturated heterocycles. The number of hydrogen-bond acceptors (Lipinski definition) is 4. The van der Waals surface area contributed by atoms with Gasteiger partial charge in [0.15, 0.2) is 9.84 Å². The van der Waals surface area contributed by atoms with Crippen LogP contribution in [-0.4, -0.2) is 38.5 Å². The zero-order valence-electron chi connectivity index (χ0n) is 13.5. The average Bonchev–Trinajstić information content (AvgIpc) is 2.94. The van der Waals surface area contributed by atoms with Gasteiger partial charge in [-0.05, 0) is 24.6 Å². The van der Waals surface area contributed by atoms with E-state index >= 15 is 0 Å². The first-order valence-corrected chi connectivity index (χ1v) is 9.81. The summed E-state index contributed by atoms with van der Waals surface area (Å²) in [6, 6.07) is 2.33. The van der Waals surface area contributed by atoms with Crippen LogP contribution in [0.3, 0.4) is 0 Å². The topological polar surface area (TPSA) is 63.7 Å². The number of fused-ring (bicyclic) bond motifs is 1. The van der Waals surface area contributed by atoms with E-state index in [1.54, 1.807) is 0 Å². The van der Waals surface area contributed by atoms with Gasteiger partial charge in [0.2, 0.25) is 5.91 Å². The summed E-state index contributed by atoms with van der Waals surface area (Å²) in [6.45, 7) is 2.14. The summed E-state index contributed by atoms with van der Waals surface area (Å²) in [5.41, 5.74) is -0.902. The first-order valence-electron chi connectivity index (χ1n) is 7.99. The predicted octanol–water partition coefficient (Wildman–Crippen LogP) is 2.64. The van der Waals surface area contributed by atoms with Gasteiger partial charge in [-0.2, -0.15) is 13.2 Å². The van der Waals surface area contributed by atoms with Gasteiger partial charge in [0.1, 0.15) is 5.75 Å². The number of sulfone groups is 1. The first-order chi connectivity index (χ1) is 11.6. The molecule has 2 atom stereocenters. The number of rotatable bonds is 4. The molecule has 1 aromatic carbocycles. The molecule has 0 aliphatic carbocycles. The highest BCUT2D eigenvalue weighted by atomic mass is 32.2. The van der Waals surface area contributed by atoms with Gasteiger partial charge in [-0.15, -0.1) is 0 Å². The van der Waals surface area contributed by atoms with E-state index in [0.29, 0.717) is 6.42 Å². The van der Waals surface area contributed by atoms with Gasteiger partial charge < -0.3 is 9.64 Å². The number of anilines is 1. The van der Waals surface area contributed by atoms with E-state index in [9.17, 15) is 26.4 Å². The third kappa shape index (κ3) is 3.47. The molecule has 2 fully saturated rings. The van der Waals surface area contributed by atoms with Gasteiger partial charge in [0.05, 0.1) is 35.4 Å². The van der Waals surface area contributed by atoms with Crippen molar-refractivity contribution in [2.45, 2.75) is 32.0 Å². The van der Waals surface area contributed by atoms with Gasteiger partial charge in [-0.25, -0.2) is 8.42 Å². The minimum Gasteiger partial charge on any atom is -0.491 e. The second-order valence-corrected chi connectivity index (χ2v) is 8.55. The van der Waals surface area contributed by atoms with Crippen LogP contribution in [0, 0.1) is 5.92 Å². The molecule has 0 saturated carbocycles. The quantitative estimate of drug-likeness (QED) is 0.809. The number of halogens is 3. The van der Waals surface area contributed by atoms with Crippen molar-refractivity contribution in [3.05, 3.63) is 23.8 Å². The summed E-state index contributed by atoms with van der Waals surface area (Å²) in [5, 5.41) is 0.